The molecule has 0 saturated heterocycles. The second kappa shape index (κ2) is 8.28. The molecular weight excluding hydrogens is 165 g/mol. The first kappa shape index (κ1) is 13.7. The maximum atomic E-state index is 12.7. The number of hydrogen-bond acceptors (Lipinski definition) is 1. The van der Waals surface area contributed by atoms with Crippen LogP contribution in [0.3, 0.4) is 0 Å². The molecule has 0 aliphatic carbocycles. The number of alkyl halides is 1. The summed E-state index contributed by atoms with van der Waals surface area (Å²) in [7, 11) is 1.78. The molecule has 0 aromatic heterocycles. The summed E-state index contributed by atoms with van der Waals surface area (Å²) in [4.78, 5) is 0. The van der Waals surface area contributed by atoms with E-state index in [2.05, 4.69) is 19.2 Å². The number of hydrogen-bond donors (Lipinski definition) is 1. The van der Waals surface area contributed by atoms with Crippen LogP contribution in [-0.2, 0) is 0 Å². The van der Waals surface area contributed by atoms with Crippen LogP contribution in [0.4, 0.5) is 4.39 Å². The molecule has 0 aromatic rings. The van der Waals surface area contributed by atoms with Crippen molar-refractivity contribution in [3.63, 3.8) is 0 Å². The Balaban J connectivity index is 0. The van der Waals surface area contributed by atoms with Gasteiger partial charge in [0, 0.05) is 6.54 Å². The fourth-order valence-electron chi connectivity index (χ4n) is 0.838. The molecule has 0 rings (SSSR count). The van der Waals surface area contributed by atoms with Crippen molar-refractivity contribution >= 4 is 12.4 Å². The van der Waals surface area contributed by atoms with Crippen LogP contribution in [0.15, 0.2) is 0 Å². The van der Waals surface area contributed by atoms with E-state index in [9.17, 15) is 4.39 Å². The van der Waals surface area contributed by atoms with Crippen LogP contribution >= 0.6 is 12.4 Å². The van der Waals surface area contributed by atoms with Crippen molar-refractivity contribution < 1.29 is 4.39 Å². The first-order valence-electron chi connectivity index (χ1n) is 3.95. The standard InChI is InChI=1S/C8H18FN.ClH/c1-7(2)4-5-8(9)6-10-3;/h7-8,10H,4-6H2,1-3H3;1H. The lowest BCUT2D eigenvalue weighted by Crippen LogP contribution is -2.19. The van der Waals surface area contributed by atoms with E-state index in [-0.39, 0.29) is 12.4 Å². The van der Waals surface area contributed by atoms with Crippen molar-refractivity contribution in [1.29, 1.82) is 0 Å². The second-order valence-electron chi connectivity index (χ2n) is 3.13. The van der Waals surface area contributed by atoms with Gasteiger partial charge in [-0.1, -0.05) is 13.8 Å². The number of nitrogens with one attached hydrogen (secondary N) is 1. The minimum Gasteiger partial charge on any atom is -0.317 e. The lowest BCUT2D eigenvalue weighted by atomic mass is 10.1. The largest absolute Gasteiger partial charge is 0.317 e. The van der Waals surface area contributed by atoms with Gasteiger partial charge in [-0.05, 0) is 25.8 Å². The number of rotatable bonds is 5. The first-order chi connectivity index (χ1) is 4.66. The predicted molar refractivity (Wildman–Crippen MR) is 50.1 cm³/mol. The Morgan fingerprint density at radius 1 is 1.27 bits per heavy atom. The van der Waals surface area contributed by atoms with Gasteiger partial charge in [0.15, 0.2) is 0 Å². The molecule has 3 heteroatoms. The van der Waals surface area contributed by atoms with Crippen LogP contribution in [-0.4, -0.2) is 19.8 Å². The van der Waals surface area contributed by atoms with Gasteiger partial charge in [0.1, 0.15) is 6.17 Å². The van der Waals surface area contributed by atoms with E-state index in [1.54, 1.807) is 7.05 Å². The quantitative estimate of drug-likeness (QED) is 0.691. The summed E-state index contributed by atoms with van der Waals surface area (Å²) in [6.45, 7) is 4.73. The lowest BCUT2D eigenvalue weighted by Gasteiger charge is -2.08. The van der Waals surface area contributed by atoms with E-state index in [0.29, 0.717) is 18.9 Å². The summed E-state index contributed by atoms with van der Waals surface area (Å²) in [6.07, 6.45) is 1.02. The van der Waals surface area contributed by atoms with Gasteiger partial charge in [0.2, 0.25) is 0 Å². The van der Waals surface area contributed by atoms with E-state index in [1.165, 1.54) is 0 Å². The SMILES string of the molecule is CNCC(F)CCC(C)C.Cl. The van der Waals surface area contributed by atoms with Gasteiger partial charge in [0.25, 0.3) is 0 Å². The molecule has 0 fully saturated rings. The molecular formula is C8H19ClFN. The van der Waals surface area contributed by atoms with Crippen molar-refractivity contribution in [2.24, 2.45) is 5.92 Å². The van der Waals surface area contributed by atoms with Crippen molar-refractivity contribution in [1.82, 2.24) is 5.32 Å². The van der Waals surface area contributed by atoms with Gasteiger partial charge in [0.05, 0.1) is 0 Å². The van der Waals surface area contributed by atoms with E-state index in [1.807, 2.05) is 0 Å². The van der Waals surface area contributed by atoms with Gasteiger partial charge in [-0.2, -0.15) is 0 Å². The molecule has 70 valence electrons. The summed E-state index contributed by atoms with van der Waals surface area (Å²) in [6, 6.07) is 0. The normalized spacial score (nSPS) is 12.8. The Kier molecular flexibility index (Phi) is 10.3. The van der Waals surface area contributed by atoms with Gasteiger partial charge in [-0.15, -0.1) is 12.4 Å². The molecule has 0 aromatic carbocycles. The van der Waals surface area contributed by atoms with E-state index < -0.39 is 6.17 Å². The highest BCUT2D eigenvalue weighted by atomic mass is 35.5. The molecule has 0 heterocycles. The zero-order valence-corrected chi connectivity index (χ0v) is 8.38. The fraction of sp³-hybridized carbons (Fsp3) is 1.00. The average Bonchev–Trinajstić information content (AvgIpc) is 1.85. The van der Waals surface area contributed by atoms with Crippen molar-refractivity contribution in [3.8, 4) is 0 Å². The van der Waals surface area contributed by atoms with Crippen LogP contribution in [0.2, 0.25) is 0 Å². The Labute approximate surface area is 75.2 Å². The molecule has 0 saturated carbocycles. The molecule has 1 unspecified atom stereocenters. The van der Waals surface area contributed by atoms with Gasteiger partial charge in [-0.25, -0.2) is 4.39 Å². The summed E-state index contributed by atoms with van der Waals surface area (Å²) >= 11 is 0. The highest BCUT2D eigenvalue weighted by Gasteiger charge is 2.04. The fourth-order valence-corrected chi connectivity index (χ4v) is 0.838. The van der Waals surface area contributed by atoms with E-state index in [0.717, 1.165) is 6.42 Å². The molecule has 0 aliphatic rings. The minimum absolute atomic E-state index is 0. The zero-order valence-electron chi connectivity index (χ0n) is 7.56. The predicted octanol–water partition coefficient (Wildman–Crippen LogP) is 2.40. The van der Waals surface area contributed by atoms with Gasteiger partial charge >= 0.3 is 0 Å². The second-order valence-corrected chi connectivity index (χ2v) is 3.13. The molecule has 0 radical (unpaired) electrons. The molecule has 0 spiro atoms. The molecule has 1 N–H and O–H groups in total. The zero-order chi connectivity index (χ0) is 7.98. The molecule has 1 nitrogen and oxygen atoms in total. The highest BCUT2D eigenvalue weighted by Crippen LogP contribution is 2.08. The van der Waals surface area contributed by atoms with E-state index >= 15 is 0 Å². The van der Waals surface area contributed by atoms with Crippen LogP contribution in [0.1, 0.15) is 26.7 Å². The molecule has 1 atom stereocenters. The summed E-state index contributed by atoms with van der Waals surface area (Å²) < 4.78 is 12.7. The molecule has 0 bridgehead atoms. The highest BCUT2D eigenvalue weighted by molar-refractivity contribution is 5.85. The van der Waals surface area contributed by atoms with Gasteiger partial charge in [-0.3, -0.25) is 0 Å². The topological polar surface area (TPSA) is 12.0 Å². The Morgan fingerprint density at radius 3 is 2.18 bits per heavy atom. The third kappa shape index (κ3) is 10.2. The Hall–Kier alpha value is 0.180. The van der Waals surface area contributed by atoms with E-state index in [4.69, 9.17) is 0 Å². The Bertz CT molecular complexity index is 78.5. The average molecular weight is 184 g/mol. The summed E-state index contributed by atoms with van der Waals surface area (Å²) in [5.74, 6) is 0.620. The molecule has 11 heavy (non-hydrogen) atoms. The van der Waals surface area contributed by atoms with Crippen molar-refractivity contribution in [2.75, 3.05) is 13.6 Å². The summed E-state index contributed by atoms with van der Waals surface area (Å²) in [5.41, 5.74) is 0. The molecule has 0 amide bonds. The lowest BCUT2D eigenvalue weighted by molar-refractivity contribution is 0.289. The Morgan fingerprint density at radius 2 is 1.82 bits per heavy atom. The molecule has 0 aliphatic heterocycles. The van der Waals surface area contributed by atoms with Crippen LogP contribution in [0.5, 0.6) is 0 Å². The van der Waals surface area contributed by atoms with Crippen LogP contribution in [0, 0.1) is 5.92 Å². The van der Waals surface area contributed by atoms with Gasteiger partial charge < -0.3 is 5.32 Å². The summed E-state index contributed by atoms with van der Waals surface area (Å²) in [5, 5.41) is 2.82. The third-order valence-electron chi connectivity index (χ3n) is 1.48. The third-order valence-corrected chi connectivity index (χ3v) is 1.48. The van der Waals surface area contributed by atoms with Crippen LogP contribution < -0.4 is 5.32 Å². The van der Waals surface area contributed by atoms with Crippen molar-refractivity contribution in [3.05, 3.63) is 0 Å². The number of halogens is 2. The smallest absolute Gasteiger partial charge is 0.112 e. The monoisotopic (exact) mass is 183 g/mol. The van der Waals surface area contributed by atoms with Crippen LogP contribution in [0.25, 0.3) is 0 Å². The first-order valence-corrected chi connectivity index (χ1v) is 3.95. The minimum atomic E-state index is -0.660. The maximum Gasteiger partial charge on any atom is 0.112 e. The van der Waals surface area contributed by atoms with Crippen molar-refractivity contribution in [2.45, 2.75) is 32.9 Å². The maximum absolute atomic E-state index is 12.7.